The van der Waals surface area contributed by atoms with E-state index in [0.717, 1.165) is 29.7 Å². The van der Waals surface area contributed by atoms with Crippen molar-refractivity contribution in [2.45, 2.75) is 32.2 Å². The molecular weight excluding hydrogens is 334 g/mol. The molecule has 0 radical (unpaired) electrons. The van der Waals surface area contributed by atoms with Crippen LogP contribution >= 0.6 is 0 Å². The van der Waals surface area contributed by atoms with Gasteiger partial charge in [-0.2, -0.15) is 5.10 Å². The molecule has 0 aromatic carbocycles. The van der Waals surface area contributed by atoms with Crippen LogP contribution in [0.5, 0.6) is 0 Å². The lowest BCUT2D eigenvalue weighted by molar-refractivity contribution is -0.131. The zero-order valence-corrected chi connectivity index (χ0v) is 15.3. The number of fused-ring (bicyclic) bond motifs is 1. The van der Waals surface area contributed by atoms with E-state index in [2.05, 4.69) is 10.3 Å². The molecule has 1 unspecified atom stereocenters. The predicted molar refractivity (Wildman–Crippen MR) is 96.6 cm³/mol. The van der Waals surface area contributed by atoms with E-state index >= 15 is 0 Å². The standard InChI is InChI=1S/C18H25N5O3/c1-13(24)19-8-10-23-18-15(4-3-7-20-18)17(21-23)14-5-9-22(12-14)16(25)6-11-26-2/h3-4,7,14H,5-6,8-12H2,1-2H3,(H,19,24). The minimum Gasteiger partial charge on any atom is -0.384 e. The van der Waals surface area contributed by atoms with Crippen molar-refractivity contribution in [2.24, 2.45) is 0 Å². The molecule has 0 aliphatic carbocycles. The number of amides is 2. The van der Waals surface area contributed by atoms with Crippen molar-refractivity contribution < 1.29 is 14.3 Å². The Labute approximate surface area is 152 Å². The highest BCUT2D eigenvalue weighted by molar-refractivity contribution is 5.80. The van der Waals surface area contributed by atoms with Gasteiger partial charge in [-0.05, 0) is 18.6 Å². The Hall–Kier alpha value is -2.48. The van der Waals surface area contributed by atoms with E-state index < -0.39 is 0 Å². The maximum absolute atomic E-state index is 12.2. The molecule has 1 aliphatic rings. The molecule has 140 valence electrons. The second-order valence-corrected chi connectivity index (χ2v) is 6.53. The van der Waals surface area contributed by atoms with Gasteiger partial charge in [0.1, 0.15) is 0 Å². The van der Waals surface area contributed by atoms with Crippen molar-refractivity contribution in [2.75, 3.05) is 33.4 Å². The summed E-state index contributed by atoms with van der Waals surface area (Å²) in [5.74, 6) is 0.271. The maximum Gasteiger partial charge on any atom is 0.224 e. The molecule has 3 rings (SSSR count). The molecule has 26 heavy (non-hydrogen) atoms. The average molecular weight is 359 g/mol. The summed E-state index contributed by atoms with van der Waals surface area (Å²) in [6, 6.07) is 3.93. The third-order valence-corrected chi connectivity index (χ3v) is 4.68. The van der Waals surface area contributed by atoms with Crippen molar-refractivity contribution in [3.8, 4) is 0 Å². The van der Waals surface area contributed by atoms with E-state index in [4.69, 9.17) is 9.84 Å². The summed E-state index contributed by atoms with van der Waals surface area (Å²) in [4.78, 5) is 29.7. The zero-order valence-electron chi connectivity index (χ0n) is 15.3. The Bertz CT molecular complexity index is 788. The van der Waals surface area contributed by atoms with Gasteiger partial charge >= 0.3 is 0 Å². The van der Waals surface area contributed by atoms with Gasteiger partial charge in [-0.3, -0.25) is 9.59 Å². The number of likely N-dealkylation sites (tertiary alicyclic amines) is 1. The summed E-state index contributed by atoms with van der Waals surface area (Å²) in [6.07, 6.45) is 3.06. The molecule has 1 aliphatic heterocycles. The minimum atomic E-state index is -0.0596. The fraction of sp³-hybridized carbons (Fsp3) is 0.556. The molecule has 8 heteroatoms. The van der Waals surface area contributed by atoms with Crippen LogP contribution in [0, 0.1) is 0 Å². The van der Waals surface area contributed by atoms with E-state index in [1.54, 1.807) is 13.3 Å². The van der Waals surface area contributed by atoms with Crippen LogP contribution in [-0.2, 0) is 20.9 Å². The lowest BCUT2D eigenvalue weighted by Gasteiger charge is -2.15. The van der Waals surface area contributed by atoms with Crippen LogP contribution in [0.3, 0.4) is 0 Å². The third kappa shape index (κ3) is 4.01. The maximum atomic E-state index is 12.2. The third-order valence-electron chi connectivity index (χ3n) is 4.68. The van der Waals surface area contributed by atoms with E-state index in [1.807, 2.05) is 21.7 Å². The van der Waals surface area contributed by atoms with Gasteiger partial charge in [0.05, 0.1) is 25.3 Å². The first-order valence-electron chi connectivity index (χ1n) is 8.92. The lowest BCUT2D eigenvalue weighted by Crippen LogP contribution is -2.29. The Morgan fingerprint density at radius 2 is 2.27 bits per heavy atom. The number of nitrogens with zero attached hydrogens (tertiary/aromatic N) is 4. The second-order valence-electron chi connectivity index (χ2n) is 6.53. The first-order chi connectivity index (χ1) is 12.6. The minimum absolute atomic E-state index is 0.0596. The van der Waals surface area contributed by atoms with Crippen LogP contribution in [0.15, 0.2) is 18.3 Å². The van der Waals surface area contributed by atoms with Crippen molar-refractivity contribution in [1.29, 1.82) is 0 Å². The molecule has 0 saturated carbocycles. The number of rotatable bonds is 7. The molecule has 1 saturated heterocycles. The summed E-state index contributed by atoms with van der Waals surface area (Å²) in [6.45, 7) is 4.44. The first kappa shape index (κ1) is 18.3. The van der Waals surface area contributed by atoms with E-state index in [0.29, 0.717) is 32.7 Å². The molecule has 0 spiro atoms. The van der Waals surface area contributed by atoms with Crippen LogP contribution in [-0.4, -0.2) is 64.8 Å². The van der Waals surface area contributed by atoms with Gasteiger partial charge in [-0.25, -0.2) is 9.67 Å². The Morgan fingerprint density at radius 3 is 3.04 bits per heavy atom. The summed E-state index contributed by atoms with van der Waals surface area (Å²) in [5.41, 5.74) is 1.80. The van der Waals surface area contributed by atoms with Crippen LogP contribution in [0.4, 0.5) is 0 Å². The molecule has 2 amide bonds. The van der Waals surface area contributed by atoms with Crippen LogP contribution in [0.25, 0.3) is 11.0 Å². The van der Waals surface area contributed by atoms with E-state index in [1.165, 1.54) is 6.92 Å². The molecular formula is C18H25N5O3. The quantitative estimate of drug-likeness (QED) is 0.794. The Kier molecular flexibility index (Phi) is 5.82. The number of hydrogen-bond donors (Lipinski definition) is 1. The van der Waals surface area contributed by atoms with Crippen LogP contribution < -0.4 is 5.32 Å². The Morgan fingerprint density at radius 1 is 1.42 bits per heavy atom. The molecule has 1 fully saturated rings. The Balaban J connectivity index is 1.76. The summed E-state index contributed by atoms with van der Waals surface area (Å²) in [5, 5.41) is 8.57. The monoisotopic (exact) mass is 359 g/mol. The topological polar surface area (TPSA) is 89.4 Å². The average Bonchev–Trinajstić information content (AvgIpc) is 3.25. The van der Waals surface area contributed by atoms with Gasteiger partial charge in [0, 0.05) is 51.2 Å². The first-order valence-corrected chi connectivity index (χ1v) is 8.92. The summed E-state index contributed by atoms with van der Waals surface area (Å²) < 4.78 is 6.84. The number of ether oxygens (including phenoxy) is 1. The number of methoxy groups -OCH3 is 1. The number of pyridine rings is 1. The van der Waals surface area contributed by atoms with Crippen LogP contribution in [0.2, 0.25) is 0 Å². The fourth-order valence-electron chi connectivity index (χ4n) is 3.39. The van der Waals surface area contributed by atoms with Gasteiger partial charge in [-0.15, -0.1) is 0 Å². The normalized spacial score (nSPS) is 17.0. The van der Waals surface area contributed by atoms with E-state index in [-0.39, 0.29) is 17.7 Å². The number of nitrogens with one attached hydrogen (secondary N) is 1. The van der Waals surface area contributed by atoms with Gasteiger partial charge < -0.3 is 15.0 Å². The fourth-order valence-corrected chi connectivity index (χ4v) is 3.39. The molecule has 1 atom stereocenters. The van der Waals surface area contributed by atoms with Gasteiger partial charge in [0.2, 0.25) is 11.8 Å². The van der Waals surface area contributed by atoms with Gasteiger partial charge in [0.25, 0.3) is 0 Å². The molecule has 0 bridgehead atoms. The molecule has 2 aromatic heterocycles. The van der Waals surface area contributed by atoms with Crippen molar-refractivity contribution in [3.05, 3.63) is 24.0 Å². The second kappa shape index (κ2) is 8.27. The lowest BCUT2D eigenvalue weighted by atomic mass is 10.0. The molecule has 8 nitrogen and oxygen atoms in total. The van der Waals surface area contributed by atoms with Crippen molar-refractivity contribution in [1.82, 2.24) is 25.0 Å². The number of carbonyl (C=O) groups is 2. The summed E-state index contributed by atoms with van der Waals surface area (Å²) >= 11 is 0. The van der Waals surface area contributed by atoms with Gasteiger partial charge in [0.15, 0.2) is 5.65 Å². The number of carbonyl (C=O) groups excluding carboxylic acids is 2. The van der Waals surface area contributed by atoms with Crippen LogP contribution in [0.1, 0.15) is 31.4 Å². The molecule has 2 aromatic rings. The summed E-state index contributed by atoms with van der Waals surface area (Å²) in [7, 11) is 1.60. The highest BCUT2D eigenvalue weighted by Crippen LogP contribution is 2.31. The highest BCUT2D eigenvalue weighted by Gasteiger charge is 2.30. The van der Waals surface area contributed by atoms with Gasteiger partial charge in [-0.1, -0.05) is 0 Å². The number of hydrogen-bond acceptors (Lipinski definition) is 5. The van der Waals surface area contributed by atoms with E-state index in [9.17, 15) is 9.59 Å². The smallest absolute Gasteiger partial charge is 0.224 e. The predicted octanol–water partition coefficient (Wildman–Crippen LogP) is 0.920. The van der Waals surface area contributed by atoms with Crippen molar-refractivity contribution >= 4 is 22.8 Å². The molecule has 3 heterocycles. The highest BCUT2D eigenvalue weighted by atomic mass is 16.5. The largest absolute Gasteiger partial charge is 0.384 e. The molecule has 1 N–H and O–H groups in total. The van der Waals surface area contributed by atoms with Crippen molar-refractivity contribution in [3.63, 3.8) is 0 Å². The SMILES string of the molecule is COCCC(=O)N1CCC(c2nn(CCNC(C)=O)c3ncccc23)C1. The zero-order chi connectivity index (χ0) is 18.5. The number of aromatic nitrogens is 3.